The molecule has 0 saturated carbocycles. The molecule has 0 bridgehead atoms. The highest BCUT2D eigenvalue weighted by Crippen LogP contribution is 2.32. The molecule has 1 N–H and O–H groups in total. The lowest BCUT2D eigenvalue weighted by atomic mass is 10.2. The number of carbonyl (C=O) groups is 1. The third-order valence-corrected chi connectivity index (χ3v) is 3.63. The zero-order chi connectivity index (χ0) is 13.1. The average Bonchev–Trinajstić information content (AvgIpc) is 2.76. The van der Waals surface area contributed by atoms with Crippen LogP contribution in [-0.4, -0.2) is 18.6 Å². The molecule has 98 valence electrons. The molecule has 18 heavy (non-hydrogen) atoms. The summed E-state index contributed by atoms with van der Waals surface area (Å²) in [5.41, 5.74) is 0.390. The fraction of sp³-hybridized carbons (Fsp3) is 0.417. The van der Waals surface area contributed by atoms with Crippen molar-refractivity contribution in [3.8, 4) is 0 Å². The van der Waals surface area contributed by atoms with Crippen molar-refractivity contribution in [3.05, 3.63) is 27.4 Å². The predicted molar refractivity (Wildman–Crippen MR) is 71.3 cm³/mol. The number of amides is 1. The highest BCUT2D eigenvalue weighted by Gasteiger charge is 2.20. The fourth-order valence-corrected chi connectivity index (χ4v) is 2.76. The maximum Gasteiger partial charge on any atom is 0.227 e. The lowest BCUT2D eigenvalue weighted by molar-refractivity contribution is -0.118. The molecule has 1 aromatic carbocycles. The first-order valence-corrected chi connectivity index (χ1v) is 6.79. The highest BCUT2D eigenvalue weighted by atomic mass is 79.9. The molecule has 6 heteroatoms. The molecule has 3 nitrogen and oxygen atoms in total. The normalized spacial score (nSPS) is 18.9. The van der Waals surface area contributed by atoms with E-state index < -0.39 is 5.82 Å². The molecule has 2 rings (SSSR count). The molecule has 1 aromatic rings. The van der Waals surface area contributed by atoms with Gasteiger partial charge in [-0.15, -0.1) is 0 Å². The van der Waals surface area contributed by atoms with Gasteiger partial charge >= 0.3 is 0 Å². The van der Waals surface area contributed by atoms with Crippen molar-refractivity contribution in [2.75, 3.05) is 11.9 Å². The van der Waals surface area contributed by atoms with Gasteiger partial charge in [0.1, 0.15) is 5.82 Å². The van der Waals surface area contributed by atoms with Crippen molar-refractivity contribution in [3.63, 3.8) is 0 Å². The SMILES string of the molecule is O=C(CC1CCCO1)Nc1c(Cl)cc(F)cc1Br. The summed E-state index contributed by atoms with van der Waals surface area (Å²) in [6.07, 6.45) is 2.15. The van der Waals surface area contributed by atoms with Crippen LogP contribution in [0.25, 0.3) is 0 Å². The second-order valence-corrected chi connectivity index (χ2v) is 5.39. The van der Waals surface area contributed by atoms with E-state index in [0.717, 1.165) is 18.9 Å². The van der Waals surface area contributed by atoms with E-state index in [4.69, 9.17) is 16.3 Å². The number of nitrogens with one attached hydrogen (secondary N) is 1. The zero-order valence-electron chi connectivity index (χ0n) is 9.51. The third-order valence-electron chi connectivity index (χ3n) is 2.71. The number of hydrogen-bond donors (Lipinski definition) is 1. The van der Waals surface area contributed by atoms with Gasteiger partial charge in [-0.1, -0.05) is 11.6 Å². The van der Waals surface area contributed by atoms with Gasteiger partial charge in [-0.3, -0.25) is 4.79 Å². The first kappa shape index (κ1) is 13.8. The van der Waals surface area contributed by atoms with Crippen LogP contribution in [0.3, 0.4) is 0 Å². The van der Waals surface area contributed by atoms with Crippen LogP contribution in [0.1, 0.15) is 19.3 Å². The van der Waals surface area contributed by atoms with Gasteiger partial charge in [-0.2, -0.15) is 0 Å². The zero-order valence-corrected chi connectivity index (χ0v) is 11.9. The number of benzene rings is 1. The largest absolute Gasteiger partial charge is 0.378 e. The molecule has 1 unspecified atom stereocenters. The average molecular weight is 337 g/mol. The van der Waals surface area contributed by atoms with E-state index in [1.165, 1.54) is 6.07 Å². The van der Waals surface area contributed by atoms with Gasteiger partial charge in [0.2, 0.25) is 5.91 Å². The van der Waals surface area contributed by atoms with E-state index in [2.05, 4.69) is 21.2 Å². The van der Waals surface area contributed by atoms with Crippen LogP contribution >= 0.6 is 27.5 Å². The molecule has 1 saturated heterocycles. The van der Waals surface area contributed by atoms with Crippen LogP contribution in [0, 0.1) is 5.82 Å². The van der Waals surface area contributed by atoms with Crippen LogP contribution in [0.15, 0.2) is 16.6 Å². The molecule has 1 aliphatic rings. The van der Waals surface area contributed by atoms with E-state index >= 15 is 0 Å². The molecule has 1 aliphatic heterocycles. The number of halogens is 3. The summed E-state index contributed by atoms with van der Waals surface area (Å²) >= 11 is 9.05. The van der Waals surface area contributed by atoms with Crippen molar-refractivity contribution in [1.29, 1.82) is 0 Å². The van der Waals surface area contributed by atoms with Crippen molar-refractivity contribution in [2.45, 2.75) is 25.4 Å². The van der Waals surface area contributed by atoms with Crippen molar-refractivity contribution in [1.82, 2.24) is 0 Å². The van der Waals surface area contributed by atoms with Gasteiger partial charge < -0.3 is 10.1 Å². The molecule has 0 radical (unpaired) electrons. The second kappa shape index (κ2) is 5.99. The maximum atomic E-state index is 13.0. The minimum atomic E-state index is -0.455. The third kappa shape index (κ3) is 3.43. The Labute approximate surface area is 118 Å². The van der Waals surface area contributed by atoms with Gasteiger partial charge in [0.25, 0.3) is 0 Å². The fourth-order valence-electron chi connectivity index (χ4n) is 1.86. The van der Waals surface area contributed by atoms with Crippen LogP contribution in [-0.2, 0) is 9.53 Å². The molecule has 1 atom stereocenters. The van der Waals surface area contributed by atoms with Crippen molar-refractivity contribution < 1.29 is 13.9 Å². The van der Waals surface area contributed by atoms with E-state index in [-0.39, 0.29) is 17.0 Å². The molecule has 0 spiro atoms. The summed E-state index contributed by atoms with van der Waals surface area (Å²) in [7, 11) is 0. The van der Waals surface area contributed by atoms with Crippen molar-refractivity contribution in [2.24, 2.45) is 0 Å². The van der Waals surface area contributed by atoms with Crippen LogP contribution < -0.4 is 5.32 Å². The summed E-state index contributed by atoms with van der Waals surface area (Å²) in [5, 5.41) is 2.84. The number of carbonyl (C=O) groups excluding carboxylic acids is 1. The smallest absolute Gasteiger partial charge is 0.227 e. The van der Waals surface area contributed by atoms with Crippen LogP contribution in [0.2, 0.25) is 5.02 Å². The van der Waals surface area contributed by atoms with E-state index in [9.17, 15) is 9.18 Å². The quantitative estimate of drug-likeness (QED) is 0.913. The molecular weight excluding hydrogens is 324 g/mol. The van der Waals surface area contributed by atoms with Crippen molar-refractivity contribution >= 4 is 39.1 Å². The predicted octanol–water partition coefficient (Wildman–Crippen LogP) is 3.75. The number of hydrogen-bond acceptors (Lipinski definition) is 2. The first-order valence-electron chi connectivity index (χ1n) is 5.62. The molecular formula is C12H12BrClFNO2. The number of anilines is 1. The molecule has 0 aromatic heterocycles. The first-order chi connectivity index (χ1) is 8.56. The second-order valence-electron chi connectivity index (χ2n) is 4.13. The minimum absolute atomic E-state index is 0.0250. The topological polar surface area (TPSA) is 38.3 Å². The van der Waals surface area contributed by atoms with Gasteiger partial charge in [0.15, 0.2) is 0 Å². The Kier molecular flexibility index (Phi) is 4.59. The maximum absolute atomic E-state index is 13.0. The molecule has 0 aliphatic carbocycles. The Hall–Kier alpha value is -0.650. The van der Waals surface area contributed by atoms with Gasteiger partial charge in [0.05, 0.1) is 23.2 Å². The lowest BCUT2D eigenvalue weighted by Gasteiger charge is -2.12. The van der Waals surface area contributed by atoms with Gasteiger partial charge in [-0.05, 0) is 40.9 Å². The highest BCUT2D eigenvalue weighted by molar-refractivity contribution is 9.10. The summed E-state index contributed by atoms with van der Waals surface area (Å²) < 4.78 is 18.8. The molecule has 1 amide bonds. The Bertz CT molecular complexity index is 440. The minimum Gasteiger partial charge on any atom is -0.378 e. The van der Waals surface area contributed by atoms with Gasteiger partial charge in [-0.25, -0.2) is 4.39 Å². The lowest BCUT2D eigenvalue weighted by Crippen LogP contribution is -2.19. The Morgan fingerprint density at radius 1 is 1.61 bits per heavy atom. The Balaban J connectivity index is 2.02. The van der Waals surface area contributed by atoms with Gasteiger partial charge in [0, 0.05) is 11.1 Å². The number of ether oxygens (including phenoxy) is 1. The van der Waals surface area contributed by atoms with E-state index in [0.29, 0.717) is 23.2 Å². The van der Waals surface area contributed by atoms with E-state index in [1.54, 1.807) is 0 Å². The molecule has 1 heterocycles. The van der Waals surface area contributed by atoms with Crippen LogP contribution in [0.5, 0.6) is 0 Å². The van der Waals surface area contributed by atoms with Crippen LogP contribution in [0.4, 0.5) is 10.1 Å². The Morgan fingerprint density at radius 2 is 2.39 bits per heavy atom. The standard InChI is InChI=1S/C12H12BrClFNO2/c13-9-4-7(15)5-10(14)12(9)16-11(17)6-8-2-1-3-18-8/h4-5,8H,1-3,6H2,(H,16,17). The Morgan fingerprint density at radius 3 is 3.00 bits per heavy atom. The summed E-state index contributed by atoms with van der Waals surface area (Å²) in [6.45, 7) is 0.707. The number of rotatable bonds is 3. The molecule has 1 fully saturated rings. The summed E-state index contributed by atoms with van der Waals surface area (Å²) in [5.74, 6) is -0.639. The summed E-state index contributed by atoms with van der Waals surface area (Å²) in [4.78, 5) is 11.8. The summed E-state index contributed by atoms with van der Waals surface area (Å²) in [6, 6.07) is 2.42. The monoisotopic (exact) mass is 335 g/mol. The van der Waals surface area contributed by atoms with E-state index in [1.807, 2.05) is 0 Å².